The van der Waals surface area contributed by atoms with Crippen molar-refractivity contribution in [2.75, 3.05) is 32.5 Å². The Kier molecular flexibility index (Phi) is 5.77. The molecule has 2 amide bonds. The number of carbonyl (C=O) groups excluding carboxylic acids is 2. The minimum absolute atomic E-state index is 0.0297. The van der Waals surface area contributed by atoms with Crippen LogP contribution in [-0.4, -0.2) is 48.9 Å². The number of pyridine rings is 1. The molecule has 2 aromatic carbocycles. The molecule has 2 unspecified atom stereocenters. The summed E-state index contributed by atoms with van der Waals surface area (Å²) >= 11 is 0. The van der Waals surface area contributed by atoms with Crippen molar-refractivity contribution in [1.29, 1.82) is 0 Å². The number of amides is 2. The summed E-state index contributed by atoms with van der Waals surface area (Å²) < 4.78 is 0. The van der Waals surface area contributed by atoms with Gasteiger partial charge in [-0.1, -0.05) is 18.2 Å². The lowest BCUT2D eigenvalue weighted by molar-refractivity contribution is -0.117. The molecule has 154 valence electrons. The lowest BCUT2D eigenvalue weighted by Crippen LogP contribution is -2.31. The van der Waals surface area contributed by atoms with E-state index in [4.69, 9.17) is 0 Å². The van der Waals surface area contributed by atoms with Crippen molar-refractivity contribution in [3.63, 3.8) is 0 Å². The number of likely N-dealkylation sites (N-methyl/N-ethyl adjacent to an activating group) is 1. The maximum atomic E-state index is 12.7. The van der Waals surface area contributed by atoms with Crippen LogP contribution in [0.4, 0.5) is 5.69 Å². The topological polar surface area (TPSA) is 74.3 Å². The van der Waals surface area contributed by atoms with Crippen molar-refractivity contribution in [2.24, 2.45) is 5.92 Å². The zero-order valence-corrected chi connectivity index (χ0v) is 17.3. The van der Waals surface area contributed by atoms with E-state index in [0.29, 0.717) is 12.1 Å². The SMILES string of the molecule is CN(C)CCNC(=O)c1ccc(C2CC2C(=O)Nc2ccc3cnccc3c2)cc1. The molecule has 0 radical (unpaired) electrons. The van der Waals surface area contributed by atoms with Gasteiger partial charge >= 0.3 is 0 Å². The van der Waals surface area contributed by atoms with Crippen LogP contribution >= 0.6 is 0 Å². The molecule has 6 nitrogen and oxygen atoms in total. The van der Waals surface area contributed by atoms with Gasteiger partial charge in [-0.05, 0) is 67.7 Å². The largest absolute Gasteiger partial charge is 0.351 e. The van der Waals surface area contributed by atoms with Crippen molar-refractivity contribution in [2.45, 2.75) is 12.3 Å². The zero-order chi connectivity index (χ0) is 21.1. The summed E-state index contributed by atoms with van der Waals surface area (Å²) in [6.45, 7) is 1.42. The second kappa shape index (κ2) is 8.63. The average Bonchev–Trinajstić information content (AvgIpc) is 3.54. The summed E-state index contributed by atoms with van der Waals surface area (Å²) in [4.78, 5) is 31.0. The third-order valence-electron chi connectivity index (χ3n) is 5.48. The normalized spacial score (nSPS) is 17.7. The zero-order valence-electron chi connectivity index (χ0n) is 17.3. The third-order valence-corrected chi connectivity index (χ3v) is 5.48. The molecule has 2 atom stereocenters. The van der Waals surface area contributed by atoms with E-state index >= 15 is 0 Å². The maximum Gasteiger partial charge on any atom is 0.251 e. The maximum absolute atomic E-state index is 12.7. The lowest BCUT2D eigenvalue weighted by atomic mass is 10.1. The van der Waals surface area contributed by atoms with Crippen molar-refractivity contribution in [1.82, 2.24) is 15.2 Å². The van der Waals surface area contributed by atoms with Crippen LogP contribution in [0.1, 0.15) is 28.3 Å². The van der Waals surface area contributed by atoms with Crippen LogP contribution in [0, 0.1) is 5.92 Å². The number of fused-ring (bicyclic) bond motifs is 1. The van der Waals surface area contributed by atoms with Gasteiger partial charge in [0.15, 0.2) is 0 Å². The van der Waals surface area contributed by atoms with Gasteiger partial charge in [-0.25, -0.2) is 0 Å². The molecule has 1 saturated carbocycles. The second-order valence-electron chi connectivity index (χ2n) is 8.06. The monoisotopic (exact) mass is 402 g/mol. The fourth-order valence-electron chi connectivity index (χ4n) is 3.63. The molecule has 0 saturated heterocycles. The Morgan fingerprint density at radius 1 is 1.07 bits per heavy atom. The van der Waals surface area contributed by atoms with Crippen LogP contribution in [0.15, 0.2) is 60.9 Å². The van der Waals surface area contributed by atoms with Crippen LogP contribution in [0.5, 0.6) is 0 Å². The van der Waals surface area contributed by atoms with Crippen LogP contribution in [0.2, 0.25) is 0 Å². The Hall–Kier alpha value is -3.25. The first-order valence-electron chi connectivity index (χ1n) is 10.2. The predicted octanol–water partition coefficient (Wildman–Crippen LogP) is 3.27. The Labute approximate surface area is 176 Å². The number of nitrogens with one attached hydrogen (secondary N) is 2. The van der Waals surface area contributed by atoms with Crippen molar-refractivity contribution in [3.05, 3.63) is 72.1 Å². The number of benzene rings is 2. The van der Waals surface area contributed by atoms with E-state index in [1.165, 1.54) is 0 Å². The van der Waals surface area contributed by atoms with Crippen molar-refractivity contribution < 1.29 is 9.59 Å². The second-order valence-corrected chi connectivity index (χ2v) is 8.06. The van der Waals surface area contributed by atoms with Crippen LogP contribution < -0.4 is 10.6 Å². The number of hydrogen-bond acceptors (Lipinski definition) is 4. The summed E-state index contributed by atoms with van der Waals surface area (Å²) in [5.74, 6) is 0.150. The van der Waals surface area contributed by atoms with Crippen molar-refractivity contribution in [3.8, 4) is 0 Å². The van der Waals surface area contributed by atoms with Gasteiger partial charge in [0.25, 0.3) is 5.91 Å². The smallest absolute Gasteiger partial charge is 0.251 e. The fourth-order valence-corrected chi connectivity index (χ4v) is 3.63. The number of anilines is 1. The number of hydrogen-bond donors (Lipinski definition) is 2. The van der Waals surface area contributed by atoms with Gasteiger partial charge in [-0.3, -0.25) is 14.6 Å². The molecule has 1 aromatic heterocycles. The fraction of sp³-hybridized carbons (Fsp3) is 0.292. The molecule has 1 aliphatic rings. The molecule has 6 heteroatoms. The summed E-state index contributed by atoms with van der Waals surface area (Å²) in [7, 11) is 3.95. The van der Waals surface area contributed by atoms with Crippen LogP contribution in [-0.2, 0) is 4.79 Å². The van der Waals surface area contributed by atoms with E-state index in [2.05, 4.69) is 15.6 Å². The van der Waals surface area contributed by atoms with Gasteiger partial charge in [0.2, 0.25) is 5.91 Å². The molecule has 0 bridgehead atoms. The van der Waals surface area contributed by atoms with Gasteiger partial charge < -0.3 is 15.5 Å². The van der Waals surface area contributed by atoms with Gasteiger partial charge in [0.1, 0.15) is 0 Å². The van der Waals surface area contributed by atoms with Crippen LogP contribution in [0.3, 0.4) is 0 Å². The molecule has 3 aromatic rings. The number of nitrogens with zero attached hydrogens (tertiary/aromatic N) is 2. The first kappa shape index (κ1) is 20.0. The van der Waals surface area contributed by atoms with E-state index in [-0.39, 0.29) is 23.7 Å². The predicted molar refractivity (Wildman–Crippen MR) is 119 cm³/mol. The van der Waals surface area contributed by atoms with E-state index in [9.17, 15) is 9.59 Å². The standard InChI is InChI=1S/C24H26N4O2/c1-28(2)12-11-26-23(29)17-5-3-16(4-6-17)21-14-22(21)24(30)27-20-8-7-19-15-25-10-9-18(19)13-20/h3-10,13,15,21-22H,11-12,14H2,1-2H3,(H,26,29)(H,27,30). The van der Waals surface area contributed by atoms with E-state index < -0.39 is 0 Å². The molecule has 30 heavy (non-hydrogen) atoms. The highest BCUT2D eigenvalue weighted by atomic mass is 16.2. The van der Waals surface area contributed by atoms with E-state index in [0.717, 1.165) is 35.0 Å². The molecule has 1 fully saturated rings. The number of aromatic nitrogens is 1. The Morgan fingerprint density at radius 2 is 1.87 bits per heavy atom. The summed E-state index contributed by atoms with van der Waals surface area (Å²) in [6.07, 6.45) is 4.39. The minimum Gasteiger partial charge on any atom is -0.351 e. The molecule has 0 aliphatic heterocycles. The molecule has 1 aliphatic carbocycles. The number of carbonyl (C=O) groups is 2. The van der Waals surface area contributed by atoms with Gasteiger partial charge in [0, 0.05) is 48.0 Å². The third kappa shape index (κ3) is 4.66. The molecule has 0 spiro atoms. The van der Waals surface area contributed by atoms with E-state index in [1.807, 2.05) is 73.7 Å². The van der Waals surface area contributed by atoms with Gasteiger partial charge in [0.05, 0.1) is 0 Å². The highest BCUT2D eigenvalue weighted by Crippen LogP contribution is 2.48. The molecule has 2 N–H and O–H groups in total. The minimum atomic E-state index is -0.0694. The lowest BCUT2D eigenvalue weighted by Gasteiger charge is -2.10. The summed E-state index contributed by atoms with van der Waals surface area (Å²) in [6, 6.07) is 15.4. The summed E-state index contributed by atoms with van der Waals surface area (Å²) in [5, 5.41) is 8.04. The first-order chi connectivity index (χ1) is 14.5. The quantitative estimate of drug-likeness (QED) is 0.636. The highest BCUT2D eigenvalue weighted by Gasteiger charge is 2.43. The first-order valence-corrected chi connectivity index (χ1v) is 10.2. The molecule has 1 heterocycles. The van der Waals surface area contributed by atoms with Crippen LogP contribution in [0.25, 0.3) is 10.8 Å². The summed E-state index contributed by atoms with van der Waals surface area (Å²) in [5.41, 5.74) is 2.54. The Morgan fingerprint density at radius 3 is 2.63 bits per heavy atom. The van der Waals surface area contributed by atoms with Gasteiger partial charge in [-0.2, -0.15) is 0 Å². The molecule has 4 rings (SSSR count). The average molecular weight is 402 g/mol. The van der Waals surface area contributed by atoms with Gasteiger partial charge in [-0.15, -0.1) is 0 Å². The Bertz CT molecular complexity index is 1060. The number of rotatable bonds is 7. The molecular formula is C24H26N4O2. The van der Waals surface area contributed by atoms with Crippen molar-refractivity contribution >= 4 is 28.3 Å². The highest BCUT2D eigenvalue weighted by molar-refractivity contribution is 5.97. The van der Waals surface area contributed by atoms with E-state index in [1.54, 1.807) is 6.20 Å². The molecular weight excluding hydrogens is 376 g/mol. The Balaban J connectivity index is 1.33.